The van der Waals surface area contributed by atoms with E-state index < -0.39 is 5.82 Å². The lowest BCUT2D eigenvalue weighted by molar-refractivity contribution is 0.0941. The molecule has 0 saturated carbocycles. The molecule has 4 nitrogen and oxygen atoms in total. The first-order valence-corrected chi connectivity index (χ1v) is 5.53. The largest absolute Gasteiger partial charge is 0.494 e. The van der Waals surface area contributed by atoms with Gasteiger partial charge in [0.05, 0.1) is 7.11 Å². The first-order valence-electron chi connectivity index (χ1n) is 5.53. The van der Waals surface area contributed by atoms with Crippen molar-refractivity contribution >= 4 is 18.3 Å². The van der Waals surface area contributed by atoms with E-state index in [9.17, 15) is 9.18 Å². The Bertz CT molecular complexity index is 425. The number of carbonyl (C=O) groups excluding carboxylic acids is 1. The van der Waals surface area contributed by atoms with Crippen LogP contribution in [0.25, 0.3) is 0 Å². The van der Waals surface area contributed by atoms with E-state index in [0.29, 0.717) is 18.0 Å². The highest BCUT2D eigenvalue weighted by Gasteiger charge is 2.18. The third kappa shape index (κ3) is 3.34. The van der Waals surface area contributed by atoms with Gasteiger partial charge in [-0.3, -0.25) is 4.79 Å². The van der Waals surface area contributed by atoms with Crippen molar-refractivity contribution in [2.75, 3.05) is 26.7 Å². The van der Waals surface area contributed by atoms with Crippen LogP contribution in [-0.2, 0) is 0 Å². The lowest BCUT2D eigenvalue weighted by Crippen LogP contribution is -2.48. The Morgan fingerprint density at radius 3 is 2.78 bits per heavy atom. The van der Waals surface area contributed by atoms with Crippen molar-refractivity contribution < 1.29 is 13.9 Å². The third-order valence-corrected chi connectivity index (χ3v) is 2.83. The number of hydrogen-bond donors (Lipinski definition) is 2. The van der Waals surface area contributed by atoms with Gasteiger partial charge in [-0.25, -0.2) is 4.39 Å². The van der Waals surface area contributed by atoms with Crippen molar-refractivity contribution in [2.45, 2.75) is 0 Å². The maximum atomic E-state index is 13.4. The summed E-state index contributed by atoms with van der Waals surface area (Å²) < 4.78 is 18.2. The summed E-state index contributed by atoms with van der Waals surface area (Å²) in [5.74, 6) is -0.143. The van der Waals surface area contributed by atoms with Crippen LogP contribution in [0.2, 0.25) is 0 Å². The molecule has 1 amide bonds. The summed E-state index contributed by atoms with van der Waals surface area (Å²) >= 11 is 0. The molecule has 6 heteroatoms. The van der Waals surface area contributed by atoms with Crippen LogP contribution in [-0.4, -0.2) is 32.7 Å². The molecule has 18 heavy (non-hydrogen) atoms. The van der Waals surface area contributed by atoms with Gasteiger partial charge < -0.3 is 15.4 Å². The van der Waals surface area contributed by atoms with E-state index >= 15 is 0 Å². The molecule has 1 aliphatic rings. The maximum Gasteiger partial charge on any atom is 0.251 e. The Kier molecular flexibility index (Phi) is 5.37. The molecular weight excluding hydrogens is 259 g/mol. The summed E-state index contributed by atoms with van der Waals surface area (Å²) in [6.07, 6.45) is 0. The molecule has 0 atom stereocenters. The van der Waals surface area contributed by atoms with E-state index in [0.717, 1.165) is 13.1 Å². The van der Waals surface area contributed by atoms with Gasteiger partial charge in [-0.1, -0.05) is 0 Å². The molecule has 0 aromatic heterocycles. The zero-order chi connectivity index (χ0) is 12.3. The number of rotatable bonds is 4. The minimum atomic E-state index is -0.523. The zero-order valence-electron chi connectivity index (χ0n) is 10.0. The van der Waals surface area contributed by atoms with Gasteiger partial charge in [-0.2, -0.15) is 0 Å². The summed E-state index contributed by atoms with van der Waals surface area (Å²) in [4.78, 5) is 11.7. The summed E-state index contributed by atoms with van der Waals surface area (Å²) in [5, 5.41) is 5.90. The van der Waals surface area contributed by atoms with Crippen molar-refractivity contribution in [1.82, 2.24) is 10.6 Å². The van der Waals surface area contributed by atoms with Gasteiger partial charge in [0.1, 0.15) is 0 Å². The van der Waals surface area contributed by atoms with Crippen LogP contribution in [0.5, 0.6) is 5.75 Å². The lowest BCUT2D eigenvalue weighted by Gasteiger charge is -2.27. The monoisotopic (exact) mass is 274 g/mol. The Labute approximate surface area is 111 Å². The predicted molar refractivity (Wildman–Crippen MR) is 68.9 cm³/mol. The molecule has 100 valence electrons. The van der Waals surface area contributed by atoms with Crippen LogP contribution in [0.3, 0.4) is 0 Å². The standard InChI is InChI=1S/C12H15FN2O2.ClH/c1-17-11-3-2-9(4-10(11)13)12(16)15-7-8-5-14-6-8;/h2-4,8,14H,5-7H2,1H3,(H,15,16);1H. The van der Waals surface area contributed by atoms with E-state index in [2.05, 4.69) is 10.6 Å². The maximum absolute atomic E-state index is 13.4. The Hall–Kier alpha value is -1.33. The van der Waals surface area contributed by atoms with E-state index in [4.69, 9.17) is 4.74 Å². The number of hydrogen-bond acceptors (Lipinski definition) is 3. The molecule has 2 N–H and O–H groups in total. The molecule has 0 aliphatic carbocycles. The van der Waals surface area contributed by atoms with E-state index in [1.165, 1.54) is 19.2 Å². The number of nitrogens with one attached hydrogen (secondary N) is 2. The molecule has 2 rings (SSSR count). The number of amides is 1. The van der Waals surface area contributed by atoms with Gasteiger partial charge in [-0.15, -0.1) is 12.4 Å². The molecular formula is C12H16ClFN2O2. The number of methoxy groups -OCH3 is 1. The second-order valence-corrected chi connectivity index (χ2v) is 4.08. The highest BCUT2D eigenvalue weighted by Crippen LogP contribution is 2.17. The Morgan fingerprint density at radius 1 is 1.56 bits per heavy atom. The quantitative estimate of drug-likeness (QED) is 0.868. The molecule has 0 radical (unpaired) electrons. The summed E-state index contributed by atoms with van der Waals surface area (Å²) in [7, 11) is 1.39. The fourth-order valence-electron chi connectivity index (χ4n) is 1.64. The van der Waals surface area contributed by atoms with Crippen molar-refractivity contribution in [1.29, 1.82) is 0 Å². The number of halogens is 2. The normalized spacial score (nSPS) is 14.3. The van der Waals surface area contributed by atoms with Gasteiger partial charge in [-0.05, 0) is 18.2 Å². The number of carbonyl (C=O) groups is 1. The summed E-state index contributed by atoms with van der Waals surface area (Å²) in [5.41, 5.74) is 0.315. The third-order valence-electron chi connectivity index (χ3n) is 2.83. The molecule has 1 aromatic rings. The van der Waals surface area contributed by atoms with Gasteiger partial charge in [0.15, 0.2) is 11.6 Å². The van der Waals surface area contributed by atoms with Crippen LogP contribution >= 0.6 is 12.4 Å². The topological polar surface area (TPSA) is 50.4 Å². The molecule has 1 fully saturated rings. The van der Waals surface area contributed by atoms with Gasteiger partial charge in [0.2, 0.25) is 0 Å². The average molecular weight is 275 g/mol. The highest BCUT2D eigenvalue weighted by atomic mass is 35.5. The smallest absolute Gasteiger partial charge is 0.251 e. The van der Waals surface area contributed by atoms with Crippen LogP contribution in [0, 0.1) is 11.7 Å². The van der Waals surface area contributed by atoms with Crippen molar-refractivity contribution in [3.63, 3.8) is 0 Å². The minimum absolute atomic E-state index is 0. The van der Waals surface area contributed by atoms with Crippen molar-refractivity contribution in [3.8, 4) is 5.75 Å². The number of ether oxygens (including phenoxy) is 1. The second kappa shape index (κ2) is 6.56. The van der Waals surface area contributed by atoms with Crippen LogP contribution < -0.4 is 15.4 Å². The minimum Gasteiger partial charge on any atom is -0.494 e. The van der Waals surface area contributed by atoms with E-state index in [1.807, 2.05) is 0 Å². The molecule has 1 aromatic carbocycles. The fourth-order valence-corrected chi connectivity index (χ4v) is 1.64. The highest BCUT2D eigenvalue weighted by molar-refractivity contribution is 5.94. The predicted octanol–water partition coefficient (Wildman–Crippen LogP) is 1.21. The SMILES string of the molecule is COc1ccc(C(=O)NCC2CNC2)cc1F.Cl. The molecule has 0 unspecified atom stereocenters. The van der Waals surface area contributed by atoms with E-state index in [-0.39, 0.29) is 24.1 Å². The van der Waals surface area contributed by atoms with Gasteiger partial charge in [0, 0.05) is 31.1 Å². The van der Waals surface area contributed by atoms with E-state index in [1.54, 1.807) is 6.07 Å². The fraction of sp³-hybridized carbons (Fsp3) is 0.417. The lowest BCUT2D eigenvalue weighted by atomic mass is 10.0. The van der Waals surface area contributed by atoms with Gasteiger partial charge >= 0.3 is 0 Å². The Morgan fingerprint density at radius 2 is 2.28 bits per heavy atom. The number of benzene rings is 1. The first-order chi connectivity index (χ1) is 8.20. The summed E-state index contributed by atoms with van der Waals surface area (Å²) in [6.45, 7) is 2.48. The zero-order valence-corrected chi connectivity index (χ0v) is 10.8. The molecule has 0 spiro atoms. The molecule has 1 aliphatic heterocycles. The first kappa shape index (κ1) is 14.7. The molecule has 0 bridgehead atoms. The molecule has 1 saturated heterocycles. The average Bonchev–Trinajstić information content (AvgIpc) is 2.26. The molecule has 1 heterocycles. The van der Waals surface area contributed by atoms with Crippen LogP contribution in [0.1, 0.15) is 10.4 Å². The van der Waals surface area contributed by atoms with Crippen molar-refractivity contribution in [3.05, 3.63) is 29.6 Å². The Balaban J connectivity index is 0.00000162. The van der Waals surface area contributed by atoms with Crippen molar-refractivity contribution in [2.24, 2.45) is 5.92 Å². The summed E-state index contributed by atoms with van der Waals surface area (Å²) in [6, 6.07) is 4.19. The second-order valence-electron chi connectivity index (χ2n) is 4.08. The van der Waals surface area contributed by atoms with Crippen LogP contribution in [0.15, 0.2) is 18.2 Å². The van der Waals surface area contributed by atoms with Gasteiger partial charge in [0.25, 0.3) is 5.91 Å². The van der Waals surface area contributed by atoms with Crippen LogP contribution in [0.4, 0.5) is 4.39 Å².